The van der Waals surface area contributed by atoms with Gasteiger partial charge in [0.05, 0.1) is 0 Å². The van der Waals surface area contributed by atoms with E-state index in [0.717, 1.165) is 17.4 Å². The van der Waals surface area contributed by atoms with E-state index < -0.39 is 0 Å². The Morgan fingerprint density at radius 1 is 0.941 bits per heavy atom. The fraction of sp³-hybridized carbons (Fsp3) is 0.692. The van der Waals surface area contributed by atoms with Gasteiger partial charge in [-0.15, -0.1) is 0 Å². The summed E-state index contributed by atoms with van der Waals surface area (Å²) in [6.07, 6.45) is 6.34. The van der Waals surface area contributed by atoms with Crippen molar-refractivity contribution in [2.45, 2.75) is 43.9 Å². The smallest absolute Gasteiger partial charge is 0.255 e. The summed E-state index contributed by atoms with van der Waals surface area (Å²) in [5.41, 5.74) is 2.28. The van der Waals surface area contributed by atoms with E-state index in [-0.39, 0.29) is 5.56 Å². The fourth-order valence-corrected chi connectivity index (χ4v) is 4.77. The van der Waals surface area contributed by atoms with E-state index in [1.807, 2.05) is 0 Å². The van der Waals surface area contributed by atoms with Crippen molar-refractivity contribution in [3.8, 4) is 0 Å². The van der Waals surface area contributed by atoms with Gasteiger partial charge in [0.1, 0.15) is 0 Å². The van der Waals surface area contributed by atoms with E-state index in [1.54, 1.807) is 0 Å². The van der Waals surface area contributed by atoms with E-state index in [4.69, 9.17) is 12.2 Å². The second-order valence-electron chi connectivity index (χ2n) is 6.04. The molecule has 90 valence electrons. The molecule has 0 spiro atoms. The molecule has 4 aliphatic carbocycles. The maximum absolute atomic E-state index is 12.2. The highest BCUT2D eigenvalue weighted by molar-refractivity contribution is 7.71. The highest BCUT2D eigenvalue weighted by Gasteiger charge is 2.43. The predicted octanol–water partition coefficient (Wildman–Crippen LogP) is 2.82. The van der Waals surface area contributed by atoms with Crippen molar-refractivity contribution in [2.75, 3.05) is 0 Å². The third-order valence-corrected chi connectivity index (χ3v) is 5.17. The topological polar surface area (TPSA) is 48.6 Å². The number of aromatic nitrogens is 2. The van der Waals surface area contributed by atoms with Crippen LogP contribution >= 0.6 is 12.2 Å². The number of hydrogen-bond donors (Lipinski definition) is 2. The molecule has 2 fully saturated rings. The van der Waals surface area contributed by atoms with E-state index in [2.05, 4.69) is 9.97 Å². The molecule has 0 amide bonds. The molecule has 1 heterocycles. The van der Waals surface area contributed by atoms with E-state index in [1.165, 1.54) is 37.8 Å². The fourth-order valence-electron chi connectivity index (χ4n) is 4.56. The summed E-state index contributed by atoms with van der Waals surface area (Å²) in [6.45, 7) is 0. The molecule has 1 aromatic heterocycles. The SMILES string of the molecule is O=c1[nH]c(=S)[nH]c2c1C1CC3CC(CC2C3)C1. The first kappa shape index (κ1) is 10.1. The summed E-state index contributed by atoms with van der Waals surface area (Å²) in [7, 11) is 0. The minimum atomic E-state index is 0.0713. The van der Waals surface area contributed by atoms with Crippen LogP contribution in [0.1, 0.15) is 55.2 Å². The quantitative estimate of drug-likeness (QED) is 0.694. The average Bonchev–Trinajstić information content (AvgIpc) is 2.41. The van der Waals surface area contributed by atoms with E-state index in [0.29, 0.717) is 16.6 Å². The van der Waals surface area contributed by atoms with Gasteiger partial charge in [-0.05, 0) is 62.1 Å². The van der Waals surface area contributed by atoms with Crippen LogP contribution < -0.4 is 5.56 Å². The number of nitrogens with one attached hydrogen (secondary N) is 2. The zero-order valence-corrected chi connectivity index (χ0v) is 10.5. The monoisotopic (exact) mass is 248 g/mol. The molecule has 5 rings (SSSR count). The molecular weight excluding hydrogens is 232 g/mol. The van der Waals surface area contributed by atoms with Crippen LogP contribution in [0, 0.1) is 16.6 Å². The average molecular weight is 248 g/mol. The second-order valence-corrected chi connectivity index (χ2v) is 6.45. The summed E-state index contributed by atoms with van der Waals surface area (Å²) in [5.74, 6) is 2.72. The summed E-state index contributed by atoms with van der Waals surface area (Å²) in [5, 5.41) is 0. The van der Waals surface area contributed by atoms with Gasteiger partial charge in [-0.1, -0.05) is 0 Å². The standard InChI is InChI=1S/C13H16N2OS/c16-12-10-8-2-6-1-7(3-8)5-9(4-6)11(10)14-13(17)15-12/h6-9H,1-5H2,(H2,14,15,16,17). The first-order valence-corrected chi connectivity index (χ1v) is 6.98. The van der Waals surface area contributed by atoms with Gasteiger partial charge in [-0.25, -0.2) is 0 Å². The lowest BCUT2D eigenvalue weighted by atomic mass is 9.67. The van der Waals surface area contributed by atoms with Gasteiger partial charge in [0.15, 0.2) is 4.77 Å². The predicted molar refractivity (Wildman–Crippen MR) is 67.8 cm³/mol. The molecule has 2 saturated carbocycles. The van der Waals surface area contributed by atoms with Crippen LogP contribution in [0.15, 0.2) is 4.79 Å². The zero-order valence-electron chi connectivity index (χ0n) is 9.66. The normalized spacial score (nSPS) is 37.9. The van der Waals surface area contributed by atoms with Gasteiger partial charge in [0.25, 0.3) is 5.56 Å². The Hall–Kier alpha value is -0.900. The van der Waals surface area contributed by atoms with Gasteiger partial charge in [-0.3, -0.25) is 9.78 Å². The summed E-state index contributed by atoms with van der Waals surface area (Å²) in [4.78, 5) is 18.2. The third-order valence-electron chi connectivity index (χ3n) is 4.96. The molecule has 0 radical (unpaired) electrons. The van der Waals surface area contributed by atoms with Gasteiger partial charge < -0.3 is 4.98 Å². The number of aromatic amines is 2. The van der Waals surface area contributed by atoms with Crippen LogP contribution in [0.4, 0.5) is 0 Å². The molecule has 0 saturated heterocycles. The molecular formula is C13H16N2OS. The summed E-state index contributed by atoms with van der Waals surface area (Å²) >= 11 is 5.12. The molecule has 4 bridgehead atoms. The Bertz CT molecular complexity index is 574. The molecule has 2 N–H and O–H groups in total. The molecule has 4 heteroatoms. The van der Waals surface area contributed by atoms with Gasteiger partial charge >= 0.3 is 0 Å². The van der Waals surface area contributed by atoms with Crippen molar-refractivity contribution in [1.82, 2.24) is 9.97 Å². The van der Waals surface area contributed by atoms with Crippen LogP contribution in [0.3, 0.4) is 0 Å². The summed E-state index contributed by atoms with van der Waals surface area (Å²) in [6, 6.07) is 0. The molecule has 1 aromatic rings. The Kier molecular flexibility index (Phi) is 1.96. The lowest BCUT2D eigenvalue weighted by Crippen LogP contribution is -2.26. The molecule has 3 nitrogen and oxygen atoms in total. The van der Waals surface area contributed by atoms with Crippen molar-refractivity contribution in [3.63, 3.8) is 0 Å². The third kappa shape index (κ3) is 1.39. The Morgan fingerprint density at radius 2 is 1.59 bits per heavy atom. The maximum Gasteiger partial charge on any atom is 0.255 e. The maximum atomic E-state index is 12.2. The molecule has 0 aliphatic heterocycles. The van der Waals surface area contributed by atoms with Crippen molar-refractivity contribution in [3.05, 3.63) is 26.4 Å². The minimum Gasteiger partial charge on any atom is -0.335 e. The molecule has 17 heavy (non-hydrogen) atoms. The van der Waals surface area contributed by atoms with Gasteiger partial charge in [-0.2, -0.15) is 0 Å². The lowest BCUT2D eigenvalue weighted by molar-refractivity contribution is 0.165. The van der Waals surface area contributed by atoms with Gasteiger partial charge in [0, 0.05) is 17.2 Å². The number of hydrogen-bond acceptors (Lipinski definition) is 2. The van der Waals surface area contributed by atoms with E-state index >= 15 is 0 Å². The van der Waals surface area contributed by atoms with Crippen molar-refractivity contribution >= 4 is 12.2 Å². The zero-order chi connectivity index (χ0) is 11.6. The van der Waals surface area contributed by atoms with Crippen molar-refractivity contribution < 1.29 is 0 Å². The molecule has 0 aromatic carbocycles. The lowest BCUT2D eigenvalue weighted by Gasteiger charge is -2.38. The Labute approximate surface area is 105 Å². The largest absolute Gasteiger partial charge is 0.335 e. The molecule has 2 unspecified atom stereocenters. The first-order valence-electron chi connectivity index (χ1n) is 6.57. The van der Waals surface area contributed by atoms with Crippen LogP contribution in [0.5, 0.6) is 0 Å². The van der Waals surface area contributed by atoms with Crippen LogP contribution in [-0.4, -0.2) is 9.97 Å². The van der Waals surface area contributed by atoms with Gasteiger partial charge in [0.2, 0.25) is 0 Å². The van der Waals surface area contributed by atoms with Crippen LogP contribution in [0.25, 0.3) is 0 Å². The number of H-pyrrole nitrogens is 2. The minimum absolute atomic E-state index is 0.0713. The molecule has 4 aliphatic rings. The number of rotatable bonds is 0. The molecule has 2 atom stereocenters. The Morgan fingerprint density at radius 3 is 2.29 bits per heavy atom. The Balaban J connectivity index is 2.01. The highest BCUT2D eigenvalue weighted by Crippen LogP contribution is 2.54. The highest BCUT2D eigenvalue weighted by atomic mass is 32.1. The summed E-state index contributed by atoms with van der Waals surface area (Å²) < 4.78 is 0.495. The van der Waals surface area contributed by atoms with Crippen molar-refractivity contribution in [1.29, 1.82) is 0 Å². The van der Waals surface area contributed by atoms with Crippen LogP contribution in [-0.2, 0) is 0 Å². The second kappa shape index (κ2) is 3.31. The van der Waals surface area contributed by atoms with E-state index in [9.17, 15) is 4.79 Å². The van der Waals surface area contributed by atoms with Crippen LogP contribution in [0.2, 0.25) is 0 Å². The van der Waals surface area contributed by atoms with Crippen molar-refractivity contribution in [2.24, 2.45) is 11.8 Å². The first-order chi connectivity index (χ1) is 8.20.